The van der Waals surface area contributed by atoms with Crippen LogP contribution in [0, 0.1) is 0 Å². The van der Waals surface area contributed by atoms with Gasteiger partial charge in [-0.05, 0) is 36.2 Å². The van der Waals surface area contributed by atoms with Crippen LogP contribution in [0.25, 0.3) is 0 Å². The third-order valence-corrected chi connectivity index (χ3v) is 3.20. The minimum Gasteiger partial charge on any atom is -0.469 e. The SMILES string of the molecule is COC(=O)CCNC(=O)c1ccc2c(c1)CNCC2. The molecule has 2 N–H and O–H groups in total. The van der Waals surface area contributed by atoms with Gasteiger partial charge >= 0.3 is 5.97 Å². The minimum atomic E-state index is -0.324. The second kappa shape index (κ2) is 6.33. The maximum atomic E-state index is 11.9. The van der Waals surface area contributed by atoms with Crippen LogP contribution in [0.1, 0.15) is 27.9 Å². The summed E-state index contributed by atoms with van der Waals surface area (Å²) in [4.78, 5) is 22.9. The molecule has 1 heterocycles. The zero-order valence-corrected chi connectivity index (χ0v) is 11.0. The first kappa shape index (κ1) is 13.5. The summed E-state index contributed by atoms with van der Waals surface area (Å²) in [6, 6.07) is 5.75. The maximum absolute atomic E-state index is 11.9. The Labute approximate surface area is 112 Å². The molecule has 0 radical (unpaired) electrons. The molecular weight excluding hydrogens is 244 g/mol. The van der Waals surface area contributed by atoms with Crippen LogP contribution in [0.3, 0.4) is 0 Å². The molecule has 0 fully saturated rings. The smallest absolute Gasteiger partial charge is 0.307 e. The van der Waals surface area contributed by atoms with Crippen molar-refractivity contribution in [1.29, 1.82) is 0 Å². The van der Waals surface area contributed by atoms with Gasteiger partial charge in [0, 0.05) is 18.7 Å². The highest BCUT2D eigenvalue weighted by Crippen LogP contribution is 2.15. The van der Waals surface area contributed by atoms with Crippen molar-refractivity contribution in [2.24, 2.45) is 0 Å². The number of carbonyl (C=O) groups excluding carboxylic acids is 2. The predicted octanol–water partition coefficient (Wildman–Crippen LogP) is 0.625. The Kier molecular flexibility index (Phi) is 4.52. The summed E-state index contributed by atoms with van der Waals surface area (Å²) in [5.41, 5.74) is 3.10. The molecule has 2 rings (SSSR count). The first-order valence-corrected chi connectivity index (χ1v) is 6.38. The molecule has 0 bridgehead atoms. The van der Waals surface area contributed by atoms with E-state index in [1.54, 1.807) is 0 Å². The van der Waals surface area contributed by atoms with E-state index in [0.717, 1.165) is 19.5 Å². The predicted molar refractivity (Wildman–Crippen MR) is 70.8 cm³/mol. The topological polar surface area (TPSA) is 67.4 Å². The lowest BCUT2D eigenvalue weighted by molar-refractivity contribution is -0.140. The van der Waals surface area contributed by atoms with Crippen LogP contribution in [-0.4, -0.2) is 32.1 Å². The van der Waals surface area contributed by atoms with E-state index in [1.165, 1.54) is 18.2 Å². The van der Waals surface area contributed by atoms with Crippen molar-refractivity contribution in [3.05, 3.63) is 34.9 Å². The zero-order chi connectivity index (χ0) is 13.7. The Morgan fingerprint density at radius 3 is 3.00 bits per heavy atom. The minimum absolute atomic E-state index is 0.155. The lowest BCUT2D eigenvalue weighted by Crippen LogP contribution is -2.28. The number of methoxy groups -OCH3 is 1. The van der Waals surface area contributed by atoms with Crippen LogP contribution in [0.2, 0.25) is 0 Å². The van der Waals surface area contributed by atoms with Gasteiger partial charge in [0.2, 0.25) is 0 Å². The number of rotatable bonds is 4. The number of benzene rings is 1. The monoisotopic (exact) mass is 262 g/mol. The number of nitrogens with one attached hydrogen (secondary N) is 2. The van der Waals surface area contributed by atoms with Gasteiger partial charge in [-0.1, -0.05) is 6.07 Å². The zero-order valence-electron chi connectivity index (χ0n) is 11.0. The van der Waals surface area contributed by atoms with Gasteiger partial charge in [-0.15, -0.1) is 0 Å². The highest BCUT2D eigenvalue weighted by atomic mass is 16.5. The van der Waals surface area contributed by atoms with Gasteiger partial charge in [-0.2, -0.15) is 0 Å². The lowest BCUT2D eigenvalue weighted by Gasteiger charge is -2.17. The van der Waals surface area contributed by atoms with Crippen LogP contribution in [-0.2, 0) is 22.5 Å². The van der Waals surface area contributed by atoms with Crippen LogP contribution < -0.4 is 10.6 Å². The largest absolute Gasteiger partial charge is 0.469 e. The summed E-state index contributed by atoms with van der Waals surface area (Å²) in [7, 11) is 1.33. The van der Waals surface area contributed by atoms with E-state index in [4.69, 9.17) is 0 Å². The average molecular weight is 262 g/mol. The van der Waals surface area contributed by atoms with Crippen LogP contribution in [0.5, 0.6) is 0 Å². The van der Waals surface area contributed by atoms with Crippen molar-refractivity contribution < 1.29 is 14.3 Å². The molecule has 0 aromatic heterocycles. The molecule has 102 valence electrons. The van der Waals surface area contributed by atoms with Gasteiger partial charge < -0.3 is 15.4 Å². The average Bonchev–Trinajstić information content (AvgIpc) is 2.46. The molecule has 1 aliphatic rings. The van der Waals surface area contributed by atoms with Gasteiger partial charge in [-0.25, -0.2) is 0 Å². The number of amides is 1. The van der Waals surface area contributed by atoms with Crippen LogP contribution >= 0.6 is 0 Å². The van der Waals surface area contributed by atoms with Crippen molar-refractivity contribution in [1.82, 2.24) is 10.6 Å². The Morgan fingerprint density at radius 2 is 2.21 bits per heavy atom. The van der Waals surface area contributed by atoms with Crippen molar-refractivity contribution in [2.75, 3.05) is 20.2 Å². The normalized spacial score (nSPS) is 13.5. The molecule has 0 atom stereocenters. The van der Waals surface area contributed by atoms with E-state index in [0.29, 0.717) is 12.1 Å². The van der Waals surface area contributed by atoms with E-state index >= 15 is 0 Å². The maximum Gasteiger partial charge on any atom is 0.307 e. The Hall–Kier alpha value is -1.88. The molecule has 1 aliphatic heterocycles. The van der Waals surface area contributed by atoms with Gasteiger partial charge in [-0.3, -0.25) is 9.59 Å². The number of ether oxygens (including phenoxy) is 1. The third kappa shape index (κ3) is 3.54. The van der Waals surface area contributed by atoms with Crippen molar-refractivity contribution >= 4 is 11.9 Å². The van der Waals surface area contributed by atoms with Crippen LogP contribution in [0.15, 0.2) is 18.2 Å². The van der Waals surface area contributed by atoms with Crippen molar-refractivity contribution in [3.8, 4) is 0 Å². The number of carbonyl (C=O) groups is 2. The second-order valence-electron chi connectivity index (χ2n) is 4.49. The molecule has 1 aromatic rings. The fourth-order valence-electron chi connectivity index (χ4n) is 2.10. The second-order valence-corrected chi connectivity index (χ2v) is 4.49. The van der Waals surface area contributed by atoms with E-state index in [1.807, 2.05) is 18.2 Å². The molecule has 19 heavy (non-hydrogen) atoms. The summed E-state index contributed by atoms with van der Waals surface area (Å²) in [5, 5.41) is 5.99. The van der Waals surface area contributed by atoms with E-state index in [-0.39, 0.29) is 18.3 Å². The summed E-state index contributed by atoms with van der Waals surface area (Å²) in [6.07, 6.45) is 1.19. The van der Waals surface area contributed by atoms with E-state index < -0.39 is 0 Å². The first-order valence-electron chi connectivity index (χ1n) is 6.38. The molecule has 0 aliphatic carbocycles. The molecule has 5 heteroatoms. The molecular formula is C14H18N2O3. The number of esters is 1. The lowest BCUT2D eigenvalue weighted by atomic mass is 9.98. The number of hydrogen-bond donors (Lipinski definition) is 2. The number of hydrogen-bond acceptors (Lipinski definition) is 4. The standard InChI is InChI=1S/C14H18N2O3/c1-19-13(17)5-7-16-14(18)11-3-2-10-4-6-15-9-12(10)8-11/h2-3,8,15H,4-7,9H2,1H3,(H,16,18). The van der Waals surface area contributed by atoms with Gasteiger partial charge in [0.15, 0.2) is 0 Å². The fourth-order valence-corrected chi connectivity index (χ4v) is 2.10. The number of fused-ring (bicyclic) bond motifs is 1. The summed E-state index contributed by atoms with van der Waals surface area (Å²) in [6.45, 7) is 2.08. The molecule has 1 aromatic carbocycles. The quantitative estimate of drug-likeness (QED) is 0.781. The van der Waals surface area contributed by atoms with Crippen LogP contribution in [0.4, 0.5) is 0 Å². The third-order valence-electron chi connectivity index (χ3n) is 3.20. The molecule has 0 saturated heterocycles. The Balaban J connectivity index is 1.94. The summed E-state index contributed by atoms with van der Waals surface area (Å²) >= 11 is 0. The van der Waals surface area contributed by atoms with Crippen molar-refractivity contribution in [2.45, 2.75) is 19.4 Å². The van der Waals surface area contributed by atoms with Gasteiger partial charge in [0.1, 0.15) is 0 Å². The van der Waals surface area contributed by atoms with Gasteiger partial charge in [0.25, 0.3) is 5.91 Å². The Bertz CT molecular complexity index is 486. The summed E-state index contributed by atoms with van der Waals surface area (Å²) in [5.74, 6) is -0.479. The van der Waals surface area contributed by atoms with Gasteiger partial charge in [0.05, 0.1) is 13.5 Å². The van der Waals surface area contributed by atoms with E-state index in [2.05, 4.69) is 15.4 Å². The molecule has 0 unspecified atom stereocenters. The fraction of sp³-hybridized carbons (Fsp3) is 0.429. The molecule has 1 amide bonds. The first-order chi connectivity index (χ1) is 9.20. The Morgan fingerprint density at radius 1 is 1.37 bits per heavy atom. The molecule has 5 nitrogen and oxygen atoms in total. The van der Waals surface area contributed by atoms with Crippen molar-refractivity contribution in [3.63, 3.8) is 0 Å². The van der Waals surface area contributed by atoms with E-state index in [9.17, 15) is 9.59 Å². The molecule has 0 spiro atoms. The highest BCUT2D eigenvalue weighted by molar-refractivity contribution is 5.94. The molecule has 0 saturated carbocycles. The highest BCUT2D eigenvalue weighted by Gasteiger charge is 2.12. The summed E-state index contributed by atoms with van der Waals surface area (Å²) < 4.78 is 4.51.